The van der Waals surface area contributed by atoms with Gasteiger partial charge >= 0.3 is 0 Å². The number of piperazine rings is 1. The smallest absolute Gasteiger partial charge is 0.224 e. The van der Waals surface area contributed by atoms with Crippen LogP contribution < -0.4 is 10.2 Å². The molecule has 0 aliphatic carbocycles. The van der Waals surface area contributed by atoms with E-state index in [1.165, 1.54) is 5.39 Å². The van der Waals surface area contributed by atoms with Crippen LogP contribution in [0, 0.1) is 0 Å². The van der Waals surface area contributed by atoms with E-state index in [9.17, 15) is 4.79 Å². The molecule has 0 saturated carbocycles. The lowest BCUT2D eigenvalue weighted by molar-refractivity contribution is -0.120. The second-order valence-corrected chi connectivity index (χ2v) is 9.49. The fourth-order valence-electron chi connectivity index (χ4n) is 4.24. The van der Waals surface area contributed by atoms with Gasteiger partial charge < -0.3 is 10.2 Å². The molecule has 4 aromatic rings. The molecule has 0 bridgehead atoms. The second kappa shape index (κ2) is 9.45. The van der Waals surface area contributed by atoms with Crippen LogP contribution in [0.2, 0.25) is 5.02 Å². The standard InChI is InChI=1S/C25H25ClN4OS/c26-21-9-4-10-22-24(21)28-25(32-22)30-15-13-29(14-16-30)12-11-27-23(31)17-19-7-3-6-18-5-1-2-8-20(18)19/h1-10H,11-17H2,(H,27,31). The summed E-state index contributed by atoms with van der Waals surface area (Å²) in [5, 5.41) is 7.16. The van der Waals surface area contributed by atoms with Crippen molar-refractivity contribution in [3.05, 3.63) is 71.2 Å². The maximum Gasteiger partial charge on any atom is 0.224 e. The Morgan fingerprint density at radius 2 is 1.78 bits per heavy atom. The van der Waals surface area contributed by atoms with Gasteiger partial charge in [0, 0.05) is 39.3 Å². The minimum Gasteiger partial charge on any atom is -0.355 e. The van der Waals surface area contributed by atoms with Crippen LogP contribution in [0.3, 0.4) is 0 Å². The van der Waals surface area contributed by atoms with E-state index in [1.807, 2.05) is 36.4 Å². The molecule has 1 aliphatic heterocycles. The summed E-state index contributed by atoms with van der Waals surface area (Å²) in [6, 6.07) is 20.3. The molecule has 32 heavy (non-hydrogen) atoms. The molecule has 1 N–H and O–H groups in total. The van der Waals surface area contributed by atoms with Gasteiger partial charge in [-0.05, 0) is 28.5 Å². The molecule has 2 heterocycles. The Labute approximate surface area is 196 Å². The number of amides is 1. The molecule has 0 atom stereocenters. The minimum atomic E-state index is 0.0753. The van der Waals surface area contributed by atoms with E-state index in [2.05, 4.69) is 39.4 Å². The number of anilines is 1. The molecule has 3 aromatic carbocycles. The molecule has 1 aliphatic rings. The first kappa shape index (κ1) is 21.2. The summed E-state index contributed by atoms with van der Waals surface area (Å²) in [7, 11) is 0. The Kier molecular flexibility index (Phi) is 6.26. The highest BCUT2D eigenvalue weighted by Gasteiger charge is 2.20. The highest BCUT2D eigenvalue weighted by Crippen LogP contribution is 2.33. The summed E-state index contributed by atoms with van der Waals surface area (Å²) in [4.78, 5) is 22.0. The number of nitrogens with one attached hydrogen (secondary N) is 1. The number of nitrogens with zero attached hydrogens (tertiary/aromatic N) is 3. The zero-order chi connectivity index (χ0) is 21.9. The number of carbonyl (C=O) groups excluding carboxylic acids is 1. The molecule has 5 nitrogen and oxygen atoms in total. The average molecular weight is 465 g/mol. The van der Waals surface area contributed by atoms with Crippen LogP contribution in [-0.4, -0.2) is 55.1 Å². The Balaban J connectivity index is 1.09. The number of hydrogen-bond acceptors (Lipinski definition) is 5. The summed E-state index contributed by atoms with van der Waals surface area (Å²) in [6.07, 6.45) is 0.412. The number of aromatic nitrogens is 1. The van der Waals surface area contributed by atoms with Gasteiger partial charge in [-0.2, -0.15) is 0 Å². The van der Waals surface area contributed by atoms with Crippen LogP contribution >= 0.6 is 22.9 Å². The van der Waals surface area contributed by atoms with E-state index in [1.54, 1.807) is 11.3 Å². The van der Waals surface area contributed by atoms with Crippen LogP contribution in [0.5, 0.6) is 0 Å². The van der Waals surface area contributed by atoms with Crippen LogP contribution in [0.15, 0.2) is 60.7 Å². The van der Waals surface area contributed by atoms with Gasteiger partial charge in [0.25, 0.3) is 0 Å². The Hall–Kier alpha value is -2.67. The van der Waals surface area contributed by atoms with Crippen LogP contribution in [0.25, 0.3) is 21.0 Å². The summed E-state index contributed by atoms with van der Waals surface area (Å²) in [6.45, 7) is 5.32. The third-order valence-corrected chi connectivity index (χ3v) is 7.37. The Morgan fingerprint density at radius 3 is 2.62 bits per heavy atom. The van der Waals surface area contributed by atoms with E-state index in [4.69, 9.17) is 16.6 Å². The first-order valence-electron chi connectivity index (χ1n) is 10.9. The fraction of sp³-hybridized carbons (Fsp3) is 0.280. The topological polar surface area (TPSA) is 48.5 Å². The van der Waals surface area contributed by atoms with Gasteiger partial charge in [0.05, 0.1) is 16.1 Å². The number of thiazole rings is 1. The monoisotopic (exact) mass is 464 g/mol. The van der Waals surface area contributed by atoms with E-state index >= 15 is 0 Å². The van der Waals surface area contributed by atoms with Crippen molar-refractivity contribution < 1.29 is 4.79 Å². The van der Waals surface area contributed by atoms with E-state index in [-0.39, 0.29) is 5.91 Å². The van der Waals surface area contributed by atoms with Crippen LogP contribution in [0.4, 0.5) is 5.13 Å². The Morgan fingerprint density at radius 1 is 1.00 bits per heavy atom. The summed E-state index contributed by atoms with van der Waals surface area (Å²) >= 11 is 7.98. The largest absolute Gasteiger partial charge is 0.355 e. The Bertz CT molecular complexity index is 1240. The quantitative estimate of drug-likeness (QED) is 0.453. The first-order valence-corrected chi connectivity index (χ1v) is 12.1. The number of halogens is 1. The van der Waals surface area contributed by atoms with Gasteiger partial charge in [-0.3, -0.25) is 9.69 Å². The van der Waals surface area contributed by atoms with Crippen molar-refractivity contribution in [3.8, 4) is 0 Å². The lowest BCUT2D eigenvalue weighted by Gasteiger charge is -2.34. The van der Waals surface area contributed by atoms with E-state index in [0.717, 1.165) is 59.0 Å². The van der Waals surface area contributed by atoms with Crippen LogP contribution in [-0.2, 0) is 11.2 Å². The van der Waals surface area contributed by atoms with Crippen molar-refractivity contribution in [2.24, 2.45) is 0 Å². The average Bonchev–Trinajstić information content (AvgIpc) is 3.26. The number of benzene rings is 3. The number of hydrogen-bond donors (Lipinski definition) is 1. The number of carbonyl (C=O) groups is 1. The molecule has 5 rings (SSSR count). The third-order valence-electron chi connectivity index (χ3n) is 5.98. The molecular formula is C25H25ClN4OS. The molecule has 1 aromatic heterocycles. The van der Waals surface area contributed by atoms with E-state index in [0.29, 0.717) is 18.0 Å². The van der Waals surface area contributed by atoms with Crippen molar-refractivity contribution in [2.45, 2.75) is 6.42 Å². The van der Waals surface area contributed by atoms with Crippen LogP contribution in [0.1, 0.15) is 5.56 Å². The minimum absolute atomic E-state index is 0.0753. The van der Waals surface area contributed by atoms with Crippen molar-refractivity contribution in [2.75, 3.05) is 44.2 Å². The van der Waals surface area contributed by atoms with E-state index < -0.39 is 0 Å². The number of para-hydroxylation sites is 1. The van der Waals surface area contributed by atoms with Gasteiger partial charge in [0.1, 0.15) is 5.52 Å². The maximum absolute atomic E-state index is 12.5. The van der Waals surface area contributed by atoms with Gasteiger partial charge in [0.15, 0.2) is 5.13 Å². The first-order chi connectivity index (χ1) is 15.7. The lowest BCUT2D eigenvalue weighted by Crippen LogP contribution is -2.48. The highest BCUT2D eigenvalue weighted by atomic mass is 35.5. The molecule has 0 radical (unpaired) electrons. The molecule has 164 valence electrons. The molecule has 1 saturated heterocycles. The lowest BCUT2D eigenvalue weighted by atomic mass is 10.0. The molecule has 0 spiro atoms. The summed E-state index contributed by atoms with van der Waals surface area (Å²) in [5.41, 5.74) is 1.97. The van der Waals surface area contributed by atoms with Gasteiger partial charge in [-0.1, -0.05) is 71.5 Å². The van der Waals surface area contributed by atoms with Crippen molar-refractivity contribution in [1.29, 1.82) is 0 Å². The van der Waals surface area contributed by atoms with Crippen molar-refractivity contribution >= 4 is 55.0 Å². The van der Waals surface area contributed by atoms with Gasteiger partial charge in [-0.25, -0.2) is 4.98 Å². The molecule has 1 fully saturated rings. The molecular weight excluding hydrogens is 440 g/mol. The molecule has 7 heteroatoms. The maximum atomic E-state index is 12.5. The van der Waals surface area contributed by atoms with Crippen molar-refractivity contribution in [3.63, 3.8) is 0 Å². The van der Waals surface area contributed by atoms with Gasteiger partial charge in [0.2, 0.25) is 5.91 Å². The number of fused-ring (bicyclic) bond motifs is 2. The molecule has 0 unspecified atom stereocenters. The highest BCUT2D eigenvalue weighted by molar-refractivity contribution is 7.22. The third kappa shape index (κ3) is 4.58. The second-order valence-electron chi connectivity index (χ2n) is 8.08. The summed E-state index contributed by atoms with van der Waals surface area (Å²) in [5.74, 6) is 0.0753. The zero-order valence-corrected chi connectivity index (χ0v) is 19.3. The SMILES string of the molecule is O=C(Cc1cccc2ccccc12)NCCN1CCN(c2nc3c(Cl)cccc3s2)CC1. The summed E-state index contributed by atoms with van der Waals surface area (Å²) < 4.78 is 1.13. The predicted molar refractivity (Wildman–Crippen MR) is 134 cm³/mol. The normalized spacial score (nSPS) is 14.8. The molecule has 1 amide bonds. The van der Waals surface area contributed by atoms with Crippen molar-refractivity contribution in [1.82, 2.24) is 15.2 Å². The number of rotatable bonds is 6. The zero-order valence-electron chi connectivity index (χ0n) is 17.8. The fourth-order valence-corrected chi connectivity index (χ4v) is 5.55. The predicted octanol–water partition coefficient (Wildman–Crippen LogP) is 4.58. The van der Waals surface area contributed by atoms with Gasteiger partial charge in [-0.15, -0.1) is 0 Å².